The summed E-state index contributed by atoms with van der Waals surface area (Å²) in [5.74, 6) is 1.48. The van der Waals surface area contributed by atoms with Crippen LogP contribution in [0.4, 0.5) is 23.0 Å². The van der Waals surface area contributed by atoms with Crippen molar-refractivity contribution in [2.45, 2.75) is 32.2 Å². The summed E-state index contributed by atoms with van der Waals surface area (Å²) < 4.78 is 0.973. The number of rotatable bonds is 3. The summed E-state index contributed by atoms with van der Waals surface area (Å²) in [6.07, 6.45) is 5.20. The summed E-state index contributed by atoms with van der Waals surface area (Å²) in [5, 5.41) is 3.29. The Labute approximate surface area is 139 Å². The van der Waals surface area contributed by atoms with Crippen LogP contribution >= 0.6 is 15.9 Å². The van der Waals surface area contributed by atoms with E-state index in [4.69, 9.17) is 5.73 Å². The van der Waals surface area contributed by atoms with Crippen LogP contribution < -0.4 is 16.0 Å². The predicted molar refractivity (Wildman–Crippen MR) is 94.5 cm³/mol. The molecule has 1 aliphatic heterocycles. The van der Waals surface area contributed by atoms with Crippen LogP contribution in [0.5, 0.6) is 0 Å². The van der Waals surface area contributed by atoms with Gasteiger partial charge in [0.2, 0.25) is 0 Å². The molecule has 2 aromatic rings. The van der Waals surface area contributed by atoms with Gasteiger partial charge >= 0.3 is 0 Å². The molecule has 2 heterocycles. The third kappa shape index (κ3) is 3.02. The number of aromatic nitrogens is 2. The molecule has 1 unspecified atom stereocenters. The molecule has 3 rings (SSSR count). The molecule has 5 nitrogen and oxygen atoms in total. The Morgan fingerprint density at radius 2 is 2.09 bits per heavy atom. The molecule has 22 heavy (non-hydrogen) atoms. The lowest BCUT2D eigenvalue weighted by Gasteiger charge is -2.35. The minimum atomic E-state index is 0.460. The second-order valence-electron chi connectivity index (χ2n) is 5.60. The van der Waals surface area contributed by atoms with Gasteiger partial charge < -0.3 is 16.0 Å². The monoisotopic (exact) mass is 361 g/mol. The minimum absolute atomic E-state index is 0.460. The second kappa shape index (κ2) is 6.52. The average molecular weight is 362 g/mol. The summed E-state index contributed by atoms with van der Waals surface area (Å²) in [7, 11) is 0. The Balaban J connectivity index is 1.90. The molecule has 0 amide bonds. The number of hydrogen-bond donors (Lipinski definition) is 2. The van der Waals surface area contributed by atoms with Crippen molar-refractivity contribution < 1.29 is 0 Å². The van der Waals surface area contributed by atoms with Crippen molar-refractivity contribution in [3.63, 3.8) is 0 Å². The van der Waals surface area contributed by atoms with E-state index in [-0.39, 0.29) is 0 Å². The molecule has 1 aromatic heterocycles. The van der Waals surface area contributed by atoms with Crippen molar-refractivity contribution in [1.29, 1.82) is 0 Å². The first-order chi connectivity index (χ1) is 10.7. The molecule has 6 heteroatoms. The molecule has 0 radical (unpaired) electrons. The van der Waals surface area contributed by atoms with E-state index in [1.54, 1.807) is 6.33 Å². The number of nitrogens with zero attached hydrogens (tertiary/aromatic N) is 3. The molecule has 1 aliphatic rings. The number of anilines is 4. The van der Waals surface area contributed by atoms with Crippen LogP contribution in [0.15, 0.2) is 35.1 Å². The largest absolute Gasteiger partial charge is 0.393 e. The highest BCUT2D eigenvalue weighted by molar-refractivity contribution is 9.10. The SMILES string of the molecule is CC1CCCCN1c1ncnc(Nc2ccccc2Br)c1N. The molecular formula is C16H20BrN5. The minimum Gasteiger partial charge on any atom is -0.393 e. The van der Waals surface area contributed by atoms with Crippen molar-refractivity contribution in [2.75, 3.05) is 22.5 Å². The highest BCUT2D eigenvalue weighted by atomic mass is 79.9. The molecule has 0 saturated carbocycles. The van der Waals surface area contributed by atoms with Gasteiger partial charge in [-0.05, 0) is 54.2 Å². The third-order valence-electron chi connectivity index (χ3n) is 4.06. The lowest BCUT2D eigenvalue weighted by atomic mass is 10.0. The molecule has 1 aromatic carbocycles. The Morgan fingerprint density at radius 3 is 2.86 bits per heavy atom. The molecular weight excluding hydrogens is 342 g/mol. The van der Waals surface area contributed by atoms with Gasteiger partial charge in [-0.3, -0.25) is 0 Å². The summed E-state index contributed by atoms with van der Waals surface area (Å²) in [6.45, 7) is 3.22. The molecule has 116 valence electrons. The van der Waals surface area contributed by atoms with Crippen molar-refractivity contribution in [3.05, 3.63) is 35.1 Å². The van der Waals surface area contributed by atoms with Crippen molar-refractivity contribution >= 4 is 38.9 Å². The maximum Gasteiger partial charge on any atom is 0.159 e. The van der Waals surface area contributed by atoms with E-state index in [9.17, 15) is 0 Å². The molecule has 1 saturated heterocycles. The van der Waals surface area contributed by atoms with Crippen LogP contribution in [0.2, 0.25) is 0 Å². The maximum atomic E-state index is 6.33. The standard InChI is InChI=1S/C16H20BrN5/c1-11-6-4-5-9-22(11)16-14(18)15(19-10-20-16)21-13-8-3-2-7-12(13)17/h2-3,7-8,10-11H,4-6,9,18H2,1H3,(H,19,20,21). The summed E-state index contributed by atoms with van der Waals surface area (Å²) in [4.78, 5) is 11.0. The number of benzene rings is 1. The number of nitrogens with one attached hydrogen (secondary N) is 1. The van der Waals surface area contributed by atoms with Crippen LogP contribution in [0, 0.1) is 0 Å². The van der Waals surface area contributed by atoms with Gasteiger partial charge in [0.25, 0.3) is 0 Å². The molecule has 0 bridgehead atoms. The summed E-state index contributed by atoms with van der Waals surface area (Å²) in [6, 6.07) is 8.36. The van der Waals surface area contributed by atoms with E-state index in [0.717, 1.165) is 22.5 Å². The number of piperidine rings is 1. The number of hydrogen-bond acceptors (Lipinski definition) is 5. The van der Waals surface area contributed by atoms with Crippen molar-refractivity contribution in [1.82, 2.24) is 9.97 Å². The smallest absolute Gasteiger partial charge is 0.159 e. The fraction of sp³-hybridized carbons (Fsp3) is 0.375. The van der Waals surface area contributed by atoms with Gasteiger partial charge in [-0.25, -0.2) is 9.97 Å². The van der Waals surface area contributed by atoms with Crippen LogP contribution in [0.25, 0.3) is 0 Å². The Bertz CT molecular complexity index is 661. The third-order valence-corrected chi connectivity index (χ3v) is 4.76. The number of nitrogens with two attached hydrogens (primary N) is 1. The number of para-hydroxylation sites is 1. The van der Waals surface area contributed by atoms with E-state index in [2.05, 4.69) is 43.0 Å². The van der Waals surface area contributed by atoms with Crippen LogP contribution in [0.1, 0.15) is 26.2 Å². The fourth-order valence-corrected chi connectivity index (χ4v) is 3.20. The molecule has 1 atom stereocenters. The topological polar surface area (TPSA) is 67.1 Å². The Hall–Kier alpha value is -1.82. The zero-order valence-corrected chi connectivity index (χ0v) is 14.2. The summed E-state index contributed by atoms with van der Waals surface area (Å²) in [5.41, 5.74) is 7.87. The van der Waals surface area contributed by atoms with Crippen LogP contribution in [0.3, 0.4) is 0 Å². The molecule has 1 fully saturated rings. The Kier molecular flexibility index (Phi) is 4.47. The zero-order valence-electron chi connectivity index (χ0n) is 12.6. The normalized spacial score (nSPS) is 18.3. The lowest BCUT2D eigenvalue weighted by molar-refractivity contribution is 0.481. The van der Waals surface area contributed by atoms with Gasteiger partial charge in [0.1, 0.15) is 12.0 Å². The lowest BCUT2D eigenvalue weighted by Crippen LogP contribution is -2.38. The van der Waals surface area contributed by atoms with E-state index in [1.807, 2.05) is 24.3 Å². The second-order valence-corrected chi connectivity index (χ2v) is 6.46. The van der Waals surface area contributed by atoms with E-state index in [1.165, 1.54) is 19.3 Å². The van der Waals surface area contributed by atoms with Gasteiger partial charge in [0.05, 0.1) is 5.69 Å². The number of nitrogen functional groups attached to an aromatic ring is 1. The van der Waals surface area contributed by atoms with Gasteiger partial charge in [0, 0.05) is 17.1 Å². The highest BCUT2D eigenvalue weighted by Gasteiger charge is 2.23. The maximum absolute atomic E-state index is 6.33. The first kappa shape index (κ1) is 15.1. The van der Waals surface area contributed by atoms with Gasteiger partial charge in [-0.15, -0.1) is 0 Å². The highest BCUT2D eigenvalue weighted by Crippen LogP contribution is 2.33. The van der Waals surface area contributed by atoms with Gasteiger partial charge in [0.15, 0.2) is 11.6 Å². The van der Waals surface area contributed by atoms with Crippen molar-refractivity contribution in [3.8, 4) is 0 Å². The molecule has 0 spiro atoms. The van der Waals surface area contributed by atoms with Crippen LogP contribution in [-0.4, -0.2) is 22.6 Å². The van der Waals surface area contributed by atoms with Gasteiger partial charge in [-0.2, -0.15) is 0 Å². The predicted octanol–water partition coefficient (Wildman–Crippen LogP) is 3.94. The fourth-order valence-electron chi connectivity index (χ4n) is 2.82. The van der Waals surface area contributed by atoms with Gasteiger partial charge in [-0.1, -0.05) is 12.1 Å². The zero-order chi connectivity index (χ0) is 15.5. The average Bonchev–Trinajstić information content (AvgIpc) is 2.52. The molecule has 3 N–H and O–H groups in total. The van der Waals surface area contributed by atoms with Crippen molar-refractivity contribution in [2.24, 2.45) is 0 Å². The van der Waals surface area contributed by atoms with E-state index < -0.39 is 0 Å². The summed E-state index contributed by atoms with van der Waals surface area (Å²) >= 11 is 3.53. The first-order valence-corrected chi connectivity index (χ1v) is 8.35. The van der Waals surface area contributed by atoms with Crippen LogP contribution in [-0.2, 0) is 0 Å². The van der Waals surface area contributed by atoms with E-state index in [0.29, 0.717) is 17.5 Å². The molecule has 0 aliphatic carbocycles. The Morgan fingerprint density at radius 1 is 1.27 bits per heavy atom. The van der Waals surface area contributed by atoms with E-state index >= 15 is 0 Å². The number of halogens is 1. The first-order valence-electron chi connectivity index (χ1n) is 7.55. The quantitative estimate of drug-likeness (QED) is 0.866.